The van der Waals surface area contributed by atoms with Gasteiger partial charge in [-0.3, -0.25) is 4.90 Å². The van der Waals surface area contributed by atoms with Crippen molar-refractivity contribution in [3.63, 3.8) is 0 Å². The predicted molar refractivity (Wildman–Crippen MR) is 52.0 cm³/mol. The van der Waals surface area contributed by atoms with Crippen LogP contribution in [0, 0.1) is 0 Å². The molecule has 0 aliphatic carbocycles. The number of thioether (sulfide) groups is 1. The van der Waals surface area contributed by atoms with Crippen molar-refractivity contribution in [3.8, 4) is 0 Å². The molecule has 11 heavy (non-hydrogen) atoms. The van der Waals surface area contributed by atoms with E-state index in [-0.39, 0.29) is 0 Å². The van der Waals surface area contributed by atoms with E-state index in [0.29, 0.717) is 0 Å². The average molecular weight is 174 g/mol. The van der Waals surface area contributed by atoms with E-state index in [1.165, 1.54) is 25.4 Å². The Morgan fingerprint density at radius 3 is 2.73 bits per heavy atom. The van der Waals surface area contributed by atoms with Crippen LogP contribution in [-0.2, 0) is 0 Å². The summed E-state index contributed by atoms with van der Waals surface area (Å²) >= 11 is 1.92. The summed E-state index contributed by atoms with van der Waals surface area (Å²) in [6.07, 6.45) is 3.51. The largest absolute Gasteiger partial charge is 0.305 e. The first-order valence-electron chi connectivity index (χ1n) is 4.11. The van der Waals surface area contributed by atoms with E-state index in [1.54, 1.807) is 0 Å². The molecule has 0 radical (unpaired) electrons. The van der Waals surface area contributed by atoms with Crippen LogP contribution in [0.2, 0.25) is 0 Å². The Morgan fingerprint density at radius 2 is 2.27 bits per heavy atom. The third-order valence-electron chi connectivity index (χ3n) is 2.29. The maximum absolute atomic E-state index is 2.52. The van der Waals surface area contributed by atoms with E-state index in [2.05, 4.69) is 30.2 Å². The van der Waals surface area contributed by atoms with Gasteiger partial charge in [-0.25, -0.2) is 0 Å². The highest BCUT2D eigenvalue weighted by atomic mass is 32.2. The first-order valence-corrected chi connectivity index (χ1v) is 5.51. The summed E-state index contributed by atoms with van der Waals surface area (Å²) in [6, 6.07) is 0.794. The molecule has 1 rings (SSSR count). The predicted octanol–water partition coefficient (Wildman–Crippen LogP) is 0.943. The summed E-state index contributed by atoms with van der Waals surface area (Å²) < 4.78 is 0. The summed E-state index contributed by atoms with van der Waals surface area (Å²) in [5.41, 5.74) is 0. The standard InChI is InChI=1S/C8H18N2S/c1-9(2)8-4-5-10(6-8)7-11-3/h8H,4-7H2,1-3H3/t8-/m0/s1. The SMILES string of the molecule is CSCN1CC[C@H](N(C)C)C1. The number of rotatable bonds is 3. The van der Waals surface area contributed by atoms with Crippen molar-refractivity contribution in [1.82, 2.24) is 9.80 Å². The van der Waals surface area contributed by atoms with E-state index in [0.717, 1.165) is 6.04 Å². The maximum atomic E-state index is 2.52. The molecule has 1 aliphatic heterocycles. The van der Waals surface area contributed by atoms with Crippen molar-refractivity contribution in [3.05, 3.63) is 0 Å². The molecule has 1 fully saturated rings. The Balaban J connectivity index is 2.23. The molecule has 66 valence electrons. The van der Waals surface area contributed by atoms with Crippen molar-refractivity contribution in [2.24, 2.45) is 0 Å². The molecule has 1 aliphatic rings. The summed E-state index contributed by atoms with van der Waals surface area (Å²) in [5, 5.41) is 0. The zero-order valence-corrected chi connectivity index (χ0v) is 8.52. The molecule has 0 aromatic rings. The first-order chi connectivity index (χ1) is 5.24. The summed E-state index contributed by atoms with van der Waals surface area (Å²) in [4.78, 5) is 4.86. The summed E-state index contributed by atoms with van der Waals surface area (Å²) in [7, 11) is 4.35. The topological polar surface area (TPSA) is 6.48 Å². The van der Waals surface area contributed by atoms with Crippen molar-refractivity contribution in [2.45, 2.75) is 12.5 Å². The lowest BCUT2D eigenvalue weighted by Gasteiger charge is -2.19. The van der Waals surface area contributed by atoms with Gasteiger partial charge in [0.25, 0.3) is 0 Å². The molecule has 0 saturated carbocycles. The van der Waals surface area contributed by atoms with Crippen LogP contribution in [0.1, 0.15) is 6.42 Å². The number of likely N-dealkylation sites (tertiary alicyclic amines) is 1. The van der Waals surface area contributed by atoms with Gasteiger partial charge in [-0.1, -0.05) is 0 Å². The first kappa shape index (κ1) is 9.36. The van der Waals surface area contributed by atoms with Crippen LogP contribution in [0.5, 0.6) is 0 Å². The Kier molecular flexibility index (Phi) is 3.69. The molecule has 1 heterocycles. The molecule has 0 N–H and O–H groups in total. The maximum Gasteiger partial charge on any atom is 0.0442 e. The Labute approximate surface area is 73.9 Å². The third kappa shape index (κ3) is 2.65. The zero-order valence-electron chi connectivity index (χ0n) is 7.71. The lowest BCUT2D eigenvalue weighted by atomic mass is 10.2. The fourth-order valence-electron chi connectivity index (χ4n) is 1.53. The zero-order chi connectivity index (χ0) is 8.27. The molecule has 2 nitrogen and oxygen atoms in total. The molecule has 0 aromatic carbocycles. The second-order valence-corrected chi connectivity index (χ2v) is 4.24. The fourth-order valence-corrected chi connectivity index (χ4v) is 2.13. The minimum absolute atomic E-state index is 0.794. The van der Waals surface area contributed by atoms with E-state index in [4.69, 9.17) is 0 Å². The van der Waals surface area contributed by atoms with E-state index < -0.39 is 0 Å². The van der Waals surface area contributed by atoms with E-state index in [9.17, 15) is 0 Å². The van der Waals surface area contributed by atoms with Crippen LogP contribution in [0.15, 0.2) is 0 Å². The second kappa shape index (κ2) is 4.33. The summed E-state index contributed by atoms with van der Waals surface area (Å²) in [5.74, 6) is 1.20. The van der Waals surface area contributed by atoms with Crippen molar-refractivity contribution in [1.29, 1.82) is 0 Å². The lowest BCUT2D eigenvalue weighted by Crippen LogP contribution is -2.31. The van der Waals surface area contributed by atoms with Crippen molar-refractivity contribution < 1.29 is 0 Å². The van der Waals surface area contributed by atoms with Gasteiger partial charge in [0, 0.05) is 25.0 Å². The van der Waals surface area contributed by atoms with Crippen LogP contribution in [0.25, 0.3) is 0 Å². The fraction of sp³-hybridized carbons (Fsp3) is 1.00. The van der Waals surface area contributed by atoms with Gasteiger partial charge < -0.3 is 4.90 Å². The average Bonchev–Trinajstić information content (AvgIpc) is 2.37. The van der Waals surface area contributed by atoms with Gasteiger partial charge in [-0.15, -0.1) is 11.8 Å². The number of hydrogen-bond donors (Lipinski definition) is 0. The van der Waals surface area contributed by atoms with Gasteiger partial charge >= 0.3 is 0 Å². The lowest BCUT2D eigenvalue weighted by molar-refractivity contribution is 0.285. The van der Waals surface area contributed by atoms with Gasteiger partial charge in [0.15, 0.2) is 0 Å². The molecule has 1 atom stereocenters. The molecule has 3 heteroatoms. The normalized spacial score (nSPS) is 26.7. The highest BCUT2D eigenvalue weighted by Crippen LogP contribution is 2.14. The highest BCUT2D eigenvalue weighted by molar-refractivity contribution is 7.98. The third-order valence-corrected chi connectivity index (χ3v) is 2.91. The minimum Gasteiger partial charge on any atom is -0.305 e. The molecular weight excluding hydrogens is 156 g/mol. The number of likely N-dealkylation sites (N-methyl/N-ethyl adjacent to an activating group) is 1. The Bertz CT molecular complexity index is 117. The van der Waals surface area contributed by atoms with Gasteiger partial charge in [-0.2, -0.15) is 0 Å². The molecule has 0 spiro atoms. The van der Waals surface area contributed by atoms with Crippen LogP contribution in [-0.4, -0.2) is 55.2 Å². The van der Waals surface area contributed by atoms with Gasteiger partial charge in [-0.05, 0) is 26.8 Å². The van der Waals surface area contributed by atoms with Crippen LogP contribution >= 0.6 is 11.8 Å². The smallest absolute Gasteiger partial charge is 0.0442 e. The Hall–Kier alpha value is 0.270. The van der Waals surface area contributed by atoms with Gasteiger partial charge in [0.1, 0.15) is 0 Å². The molecule has 0 bridgehead atoms. The molecule has 1 saturated heterocycles. The van der Waals surface area contributed by atoms with Crippen LogP contribution in [0.4, 0.5) is 0 Å². The van der Waals surface area contributed by atoms with Crippen molar-refractivity contribution >= 4 is 11.8 Å². The van der Waals surface area contributed by atoms with Gasteiger partial charge in [0.05, 0.1) is 0 Å². The van der Waals surface area contributed by atoms with Gasteiger partial charge in [0.2, 0.25) is 0 Å². The molecular formula is C8H18N2S. The highest BCUT2D eigenvalue weighted by Gasteiger charge is 2.22. The molecule has 0 unspecified atom stereocenters. The quantitative estimate of drug-likeness (QED) is 0.629. The van der Waals surface area contributed by atoms with Crippen molar-refractivity contribution in [2.75, 3.05) is 39.3 Å². The second-order valence-electron chi connectivity index (χ2n) is 3.40. The summed E-state index contributed by atoms with van der Waals surface area (Å²) in [6.45, 7) is 2.54. The number of hydrogen-bond acceptors (Lipinski definition) is 3. The van der Waals surface area contributed by atoms with E-state index in [1.807, 2.05) is 11.8 Å². The van der Waals surface area contributed by atoms with Crippen LogP contribution in [0.3, 0.4) is 0 Å². The molecule has 0 aromatic heterocycles. The van der Waals surface area contributed by atoms with E-state index >= 15 is 0 Å². The van der Waals surface area contributed by atoms with Crippen LogP contribution < -0.4 is 0 Å². The Morgan fingerprint density at radius 1 is 1.55 bits per heavy atom. The monoisotopic (exact) mass is 174 g/mol. The number of nitrogens with zero attached hydrogens (tertiary/aromatic N) is 2. The molecule has 0 amide bonds. The minimum atomic E-state index is 0.794.